The molecule has 0 aliphatic heterocycles. The van der Waals surface area contributed by atoms with Crippen LogP contribution in [0.25, 0.3) is 11.3 Å². The van der Waals surface area contributed by atoms with Gasteiger partial charge in [0.2, 0.25) is 5.95 Å². The van der Waals surface area contributed by atoms with E-state index in [4.69, 9.17) is 0 Å². The van der Waals surface area contributed by atoms with Gasteiger partial charge >= 0.3 is 0 Å². The summed E-state index contributed by atoms with van der Waals surface area (Å²) < 4.78 is 0. The summed E-state index contributed by atoms with van der Waals surface area (Å²) in [6.45, 7) is 2.21. The molecule has 1 atom stereocenters. The monoisotopic (exact) mass is 284 g/mol. The molecule has 3 heterocycles. The maximum atomic E-state index is 4.68. The molecule has 0 radical (unpaired) electrons. The summed E-state index contributed by atoms with van der Waals surface area (Å²) in [5.74, 6) is 1.02. The van der Waals surface area contributed by atoms with Crippen LogP contribution >= 0.6 is 11.3 Å². The van der Waals surface area contributed by atoms with E-state index in [9.17, 15) is 0 Å². The van der Waals surface area contributed by atoms with Crippen LogP contribution in [-0.2, 0) is 6.42 Å². The van der Waals surface area contributed by atoms with Crippen LogP contribution in [0.2, 0.25) is 0 Å². The first-order valence-corrected chi connectivity index (χ1v) is 7.20. The predicted molar refractivity (Wildman–Crippen MR) is 77.1 cm³/mol. The van der Waals surface area contributed by atoms with Crippen LogP contribution < -0.4 is 5.32 Å². The molecule has 6 nitrogen and oxygen atoms in total. The highest BCUT2D eigenvalue weighted by molar-refractivity contribution is 7.16. The first-order valence-electron chi connectivity index (χ1n) is 6.38. The topological polar surface area (TPSA) is 79.4 Å². The third-order valence-electron chi connectivity index (χ3n) is 3.37. The van der Waals surface area contributed by atoms with Gasteiger partial charge in [-0.15, -0.1) is 11.3 Å². The van der Waals surface area contributed by atoms with Gasteiger partial charge in [-0.1, -0.05) is 6.92 Å². The second kappa shape index (κ2) is 4.38. The van der Waals surface area contributed by atoms with Crippen molar-refractivity contribution in [3.05, 3.63) is 35.2 Å². The summed E-state index contributed by atoms with van der Waals surface area (Å²) in [4.78, 5) is 14.3. The molecular formula is C13H12N6S. The molecular weight excluding hydrogens is 272 g/mol. The number of anilines is 2. The van der Waals surface area contributed by atoms with Crippen molar-refractivity contribution in [2.75, 3.05) is 5.32 Å². The van der Waals surface area contributed by atoms with Crippen LogP contribution in [0.3, 0.4) is 0 Å². The summed E-state index contributed by atoms with van der Waals surface area (Å²) >= 11 is 1.66. The maximum Gasteiger partial charge on any atom is 0.228 e. The van der Waals surface area contributed by atoms with Gasteiger partial charge in [-0.2, -0.15) is 5.10 Å². The minimum absolute atomic E-state index is 0.447. The van der Waals surface area contributed by atoms with Gasteiger partial charge in [-0.05, 0) is 18.4 Å². The Labute approximate surface area is 119 Å². The molecule has 1 aliphatic rings. The largest absolute Gasteiger partial charge is 0.300 e. The minimum atomic E-state index is 0.447. The molecule has 7 heteroatoms. The highest BCUT2D eigenvalue weighted by atomic mass is 32.1. The Hall–Kier alpha value is -2.28. The van der Waals surface area contributed by atoms with Gasteiger partial charge < -0.3 is 5.32 Å². The molecule has 0 aromatic carbocycles. The molecule has 1 unspecified atom stereocenters. The molecule has 2 N–H and O–H groups in total. The summed E-state index contributed by atoms with van der Waals surface area (Å²) in [5.41, 5.74) is 3.30. The Bertz CT molecular complexity index is 747. The highest BCUT2D eigenvalue weighted by Gasteiger charge is 2.27. The van der Waals surface area contributed by atoms with Crippen molar-refractivity contribution in [2.24, 2.45) is 0 Å². The molecule has 0 saturated heterocycles. The van der Waals surface area contributed by atoms with Crippen LogP contribution in [-0.4, -0.2) is 25.1 Å². The van der Waals surface area contributed by atoms with Crippen molar-refractivity contribution in [1.82, 2.24) is 25.1 Å². The zero-order valence-corrected chi connectivity index (χ0v) is 11.6. The Morgan fingerprint density at radius 2 is 2.20 bits per heavy atom. The fraction of sp³-hybridized carbons (Fsp3) is 0.231. The Morgan fingerprint density at radius 1 is 1.35 bits per heavy atom. The Kier molecular flexibility index (Phi) is 2.53. The molecule has 4 rings (SSSR count). The van der Waals surface area contributed by atoms with E-state index in [2.05, 4.69) is 37.4 Å². The van der Waals surface area contributed by atoms with Gasteiger partial charge in [0.15, 0.2) is 5.13 Å². The van der Waals surface area contributed by atoms with Crippen LogP contribution in [0.1, 0.15) is 23.4 Å². The number of fused-ring (bicyclic) bond motifs is 3. The van der Waals surface area contributed by atoms with Crippen LogP contribution in [0.15, 0.2) is 24.7 Å². The first-order chi connectivity index (χ1) is 9.81. The SMILES string of the molecule is CC1Cc2[nH]ncc2-c2nc(Nc3ncccn3)sc21. The quantitative estimate of drug-likeness (QED) is 0.756. The lowest BCUT2D eigenvalue weighted by Gasteiger charge is -2.16. The second-order valence-electron chi connectivity index (χ2n) is 4.80. The van der Waals surface area contributed by atoms with Crippen LogP contribution in [0, 0.1) is 0 Å². The number of rotatable bonds is 2. The molecule has 3 aromatic rings. The van der Waals surface area contributed by atoms with Crippen LogP contribution in [0.5, 0.6) is 0 Å². The van der Waals surface area contributed by atoms with Crippen molar-refractivity contribution in [1.29, 1.82) is 0 Å². The number of hydrogen-bond donors (Lipinski definition) is 2. The van der Waals surface area contributed by atoms with Gasteiger partial charge in [0.05, 0.1) is 11.9 Å². The molecule has 0 saturated carbocycles. The average molecular weight is 284 g/mol. The van der Waals surface area contributed by atoms with Gasteiger partial charge in [0.25, 0.3) is 0 Å². The molecule has 3 aromatic heterocycles. The smallest absolute Gasteiger partial charge is 0.228 e. The van der Waals surface area contributed by atoms with Gasteiger partial charge in [-0.25, -0.2) is 15.0 Å². The lowest BCUT2D eigenvalue weighted by molar-refractivity contribution is 0.739. The Balaban J connectivity index is 1.74. The molecule has 20 heavy (non-hydrogen) atoms. The number of hydrogen-bond acceptors (Lipinski definition) is 6. The summed E-state index contributed by atoms with van der Waals surface area (Å²) in [6.07, 6.45) is 6.24. The third kappa shape index (κ3) is 1.78. The average Bonchev–Trinajstić information content (AvgIpc) is 3.06. The number of H-pyrrole nitrogens is 1. The van der Waals surface area contributed by atoms with E-state index in [0.717, 1.165) is 28.5 Å². The number of aromatic amines is 1. The highest BCUT2D eigenvalue weighted by Crippen LogP contribution is 2.43. The van der Waals surface area contributed by atoms with E-state index in [-0.39, 0.29) is 0 Å². The molecule has 0 spiro atoms. The van der Waals surface area contributed by atoms with Crippen molar-refractivity contribution >= 4 is 22.4 Å². The fourth-order valence-electron chi connectivity index (χ4n) is 2.44. The molecule has 0 bridgehead atoms. The predicted octanol–water partition coefficient (Wildman–Crippen LogP) is 2.73. The van der Waals surface area contributed by atoms with Gasteiger partial charge in [0.1, 0.15) is 0 Å². The second-order valence-corrected chi connectivity index (χ2v) is 5.83. The molecule has 0 amide bonds. The minimum Gasteiger partial charge on any atom is -0.300 e. The summed E-state index contributed by atoms with van der Waals surface area (Å²) in [5, 5.41) is 11.2. The zero-order chi connectivity index (χ0) is 13.5. The van der Waals surface area contributed by atoms with Gasteiger partial charge in [0, 0.05) is 28.5 Å². The summed E-state index contributed by atoms with van der Waals surface area (Å²) in [7, 11) is 0. The van der Waals surface area contributed by atoms with E-state index < -0.39 is 0 Å². The van der Waals surface area contributed by atoms with Crippen molar-refractivity contribution < 1.29 is 0 Å². The zero-order valence-electron chi connectivity index (χ0n) is 10.8. The molecule has 1 aliphatic carbocycles. The Morgan fingerprint density at radius 3 is 3.05 bits per heavy atom. The van der Waals surface area contributed by atoms with Gasteiger partial charge in [-0.3, -0.25) is 5.10 Å². The number of aromatic nitrogens is 5. The standard InChI is InChI=1S/C13H12N6S/c1-7-5-9-8(6-16-19-9)10-11(7)20-13(17-10)18-12-14-3-2-4-15-12/h2-4,6-7H,5H2,1H3,(H,16,19)(H,14,15,17,18). The first kappa shape index (κ1) is 11.5. The van der Waals surface area contributed by atoms with Crippen molar-refractivity contribution in [2.45, 2.75) is 19.3 Å². The van der Waals surface area contributed by atoms with E-state index >= 15 is 0 Å². The number of nitrogens with zero attached hydrogens (tertiary/aromatic N) is 4. The normalized spacial score (nSPS) is 16.6. The van der Waals surface area contributed by atoms with E-state index in [0.29, 0.717) is 11.9 Å². The van der Waals surface area contributed by atoms with Crippen molar-refractivity contribution in [3.63, 3.8) is 0 Å². The lowest BCUT2D eigenvalue weighted by atomic mass is 9.92. The molecule has 0 fully saturated rings. The van der Waals surface area contributed by atoms with Crippen LogP contribution in [0.4, 0.5) is 11.1 Å². The van der Waals surface area contributed by atoms with E-state index in [1.165, 1.54) is 4.88 Å². The number of nitrogens with one attached hydrogen (secondary N) is 2. The fourth-order valence-corrected chi connectivity index (χ4v) is 3.47. The number of thiazole rings is 1. The summed E-state index contributed by atoms with van der Waals surface area (Å²) in [6, 6.07) is 1.79. The van der Waals surface area contributed by atoms with E-state index in [1.807, 2.05) is 6.20 Å². The lowest BCUT2D eigenvalue weighted by Crippen LogP contribution is -2.05. The van der Waals surface area contributed by atoms with E-state index in [1.54, 1.807) is 29.8 Å². The third-order valence-corrected chi connectivity index (χ3v) is 4.57. The molecule has 100 valence electrons. The maximum absolute atomic E-state index is 4.68. The van der Waals surface area contributed by atoms with Crippen molar-refractivity contribution in [3.8, 4) is 11.3 Å².